The molecule has 3 nitrogen and oxygen atoms in total. The Hall–Kier alpha value is -0.525. The second-order valence-corrected chi connectivity index (χ2v) is 2.04. The first-order valence-corrected chi connectivity index (χ1v) is 3.17. The van der Waals surface area contributed by atoms with Crippen LogP contribution < -0.4 is 0 Å². The normalized spacial score (nSPS) is 18.4. The summed E-state index contributed by atoms with van der Waals surface area (Å²) in [5.41, 5.74) is 0. The van der Waals surface area contributed by atoms with Gasteiger partial charge < -0.3 is 9.64 Å². The van der Waals surface area contributed by atoms with Crippen molar-refractivity contribution in [3.8, 4) is 5.97 Å². The second kappa shape index (κ2) is 6.59. The van der Waals surface area contributed by atoms with Crippen LogP contribution in [0.3, 0.4) is 0 Å². The molecule has 0 aromatic heterocycles. The zero-order valence-electron chi connectivity index (χ0n) is 6.21. The van der Waals surface area contributed by atoms with Crippen molar-refractivity contribution in [1.82, 2.24) is 4.90 Å². The number of hydrogen-bond acceptors (Lipinski definition) is 3. The van der Waals surface area contributed by atoms with Crippen LogP contribution in [0.2, 0.25) is 0 Å². The lowest BCUT2D eigenvalue weighted by atomic mass is 10.2. The summed E-state index contributed by atoms with van der Waals surface area (Å²) in [5.74, 6) is 1.25. The average Bonchev–Trinajstić information content (AvgIpc) is 1.91. The summed E-state index contributed by atoms with van der Waals surface area (Å²) in [4.78, 5) is 2.27. The maximum atomic E-state index is 7.10. The highest BCUT2D eigenvalue weighted by molar-refractivity contribution is 6.20. The van der Waals surface area contributed by atoms with Gasteiger partial charge in [-0.25, -0.2) is 5.26 Å². The van der Waals surface area contributed by atoms with Gasteiger partial charge in [0.2, 0.25) is 7.85 Å². The van der Waals surface area contributed by atoms with E-state index < -0.39 is 0 Å². The number of nitrogens with zero attached hydrogens (tertiary/aromatic N) is 2. The Labute approximate surface area is 63.0 Å². The molecule has 0 unspecified atom stereocenters. The third-order valence-electron chi connectivity index (χ3n) is 1.23. The van der Waals surface area contributed by atoms with Crippen molar-refractivity contribution >= 4 is 7.85 Å². The molecule has 1 aliphatic heterocycles. The molecule has 0 aromatic carbocycles. The highest BCUT2D eigenvalue weighted by atomic mass is 16.5. The molecule has 0 bridgehead atoms. The van der Waals surface area contributed by atoms with Crippen LogP contribution in [0.5, 0.6) is 0 Å². The van der Waals surface area contributed by atoms with Gasteiger partial charge in [0.25, 0.3) is 0 Å². The van der Waals surface area contributed by atoms with Crippen molar-refractivity contribution in [2.24, 2.45) is 0 Å². The molecule has 0 aromatic rings. The Morgan fingerprint density at radius 2 is 1.90 bits per heavy atom. The van der Waals surface area contributed by atoms with Gasteiger partial charge in [0.1, 0.15) is 0 Å². The minimum absolute atomic E-state index is 0.913. The van der Waals surface area contributed by atoms with Crippen LogP contribution in [0.4, 0.5) is 0 Å². The van der Waals surface area contributed by atoms with Crippen LogP contribution in [-0.2, 0) is 4.74 Å². The maximum absolute atomic E-state index is 7.10. The molecule has 1 fully saturated rings. The Morgan fingerprint density at radius 3 is 2.10 bits per heavy atom. The van der Waals surface area contributed by atoms with Gasteiger partial charge in [-0.05, 0) is 13.0 Å². The smallest absolute Gasteiger partial charge is 0.229 e. The van der Waals surface area contributed by atoms with Gasteiger partial charge in [0.15, 0.2) is 0 Å². The Balaban J connectivity index is 0.000000236. The van der Waals surface area contributed by atoms with Crippen LogP contribution in [0.15, 0.2) is 0 Å². The van der Waals surface area contributed by atoms with E-state index in [0.717, 1.165) is 26.3 Å². The number of morpholine rings is 1. The lowest BCUT2D eigenvalue weighted by Gasteiger charge is -2.21. The summed E-state index contributed by atoms with van der Waals surface area (Å²) in [6.45, 7) is 4.02. The Bertz CT molecular complexity index is 107. The lowest BCUT2D eigenvalue weighted by molar-refractivity contribution is 0.0503. The van der Waals surface area contributed by atoms with Crippen molar-refractivity contribution in [2.45, 2.75) is 0 Å². The molecule has 0 aliphatic carbocycles. The number of hydrogen-bond donors (Lipinski definition) is 0. The molecule has 4 heteroatoms. The van der Waals surface area contributed by atoms with Crippen molar-refractivity contribution in [1.29, 1.82) is 5.26 Å². The van der Waals surface area contributed by atoms with Gasteiger partial charge >= 0.3 is 0 Å². The van der Waals surface area contributed by atoms with Crippen LogP contribution in [0.25, 0.3) is 0 Å². The van der Waals surface area contributed by atoms with Crippen molar-refractivity contribution < 1.29 is 4.74 Å². The van der Waals surface area contributed by atoms with Gasteiger partial charge in [0, 0.05) is 13.1 Å². The molecule has 1 saturated heterocycles. The standard InChI is InChI=1S/C5H11NO.CBN/c1-6-2-4-7-5-3-6;2-1-3/h2-5H2,1H3;. The van der Waals surface area contributed by atoms with Gasteiger partial charge in [-0.2, -0.15) is 0 Å². The fraction of sp³-hybridized carbons (Fsp3) is 0.833. The SMILES string of the molecule is CN1CCOCC1.[B]C#N. The molecule has 54 valence electrons. The molecule has 0 amide bonds. The second-order valence-electron chi connectivity index (χ2n) is 2.04. The molecule has 1 heterocycles. The van der Waals surface area contributed by atoms with E-state index in [1.807, 2.05) is 0 Å². The van der Waals surface area contributed by atoms with Gasteiger partial charge in [-0.3, -0.25) is 0 Å². The fourth-order valence-corrected chi connectivity index (χ4v) is 0.655. The van der Waals surface area contributed by atoms with Crippen LogP contribution in [0.1, 0.15) is 0 Å². The molecule has 1 aliphatic rings. The van der Waals surface area contributed by atoms with Crippen molar-refractivity contribution in [3.05, 3.63) is 0 Å². The lowest BCUT2D eigenvalue weighted by Crippen LogP contribution is -2.32. The largest absolute Gasteiger partial charge is 0.379 e. The third kappa shape index (κ3) is 5.61. The van der Waals surface area contributed by atoms with E-state index in [0.29, 0.717) is 0 Å². The topological polar surface area (TPSA) is 36.3 Å². The zero-order valence-corrected chi connectivity index (χ0v) is 6.21. The fourth-order valence-electron chi connectivity index (χ4n) is 0.655. The monoisotopic (exact) mass is 138 g/mol. The molecule has 0 N–H and O–H groups in total. The number of rotatable bonds is 0. The minimum Gasteiger partial charge on any atom is -0.379 e. The average molecular weight is 138 g/mol. The highest BCUT2D eigenvalue weighted by Gasteiger charge is 2.02. The van der Waals surface area contributed by atoms with Gasteiger partial charge in [0.05, 0.1) is 13.2 Å². The number of ether oxygens (including phenoxy) is 1. The first kappa shape index (κ1) is 9.47. The summed E-state index contributed by atoms with van der Waals surface area (Å²) < 4.78 is 5.10. The van der Waals surface area contributed by atoms with E-state index >= 15 is 0 Å². The van der Waals surface area contributed by atoms with Gasteiger partial charge in [-0.15, -0.1) is 0 Å². The van der Waals surface area contributed by atoms with Crippen LogP contribution >= 0.6 is 0 Å². The summed E-state index contributed by atoms with van der Waals surface area (Å²) in [6, 6.07) is 0. The molecule has 2 radical (unpaired) electrons. The highest BCUT2D eigenvalue weighted by Crippen LogP contribution is 1.89. The molecular formula is C6H11BN2O. The quantitative estimate of drug-likeness (QED) is 0.426. The Morgan fingerprint density at radius 1 is 1.50 bits per heavy atom. The van der Waals surface area contributed by atoms with Crippen molar-refractivity contribution in [2.75, 3.05) is 33.4 Å². The molecule has 0 spiro atoms. The van der Waals surface area contributed by atoms with Crippen LogP contribution in [-0.4, -0.2) is 46.1 Å². The van der Waals surface area contributed by atoms with Crippen molar-refractivity contribution in [3.63, 3.8) is 0 Å². The predicted molar refractivity (Wildman–Crippen MR) is 39.7 cm³/mol. The van der Waals surface area contributed by atoms with E-state index in [1.165, 1.54) is 5.97 Å². The Kier molecular flexibility index (Phi) is 6.25. The summed E-state index contributed by atoms with van der Waals surface area (Å²) in [7, 11) is 6.27. The predicted octanol–water partition coefficient (Wildman–Crippen LogP) is -0.416. The van der Waals surface area contributed by atoms with Gasteiger partial charge in [-0.1, -0.05) is 0 Å². The molecule has 0 saturated carbocycles. The minimum atomic E-state index is 0.913. The third-order valence-corrected chi connectivity index (χ3v) is 1.23. The summed E-state index contributed by atoms with van der Waals surface area (Å²) in [5, 5.41) is 7.10. The molecular weight excluding hydrogens is 127 g/mol. The molecule has 1 rings (SSSR count). The van der Waals surface area contributed by atoms with E-state index in [4.69, 9.17) is 10.00 Å². The van der Waals surface area contributed by atoms with E-state index in [2.05, 4.69) is 19.8 Å². The zero-order chi connectivity index (χ0) is 7.82. The first-order chi connectivity index (χ1) is 4.81. The van der Waals surface area contributed by atoms with E-state index in [1.54, 1.807) is 0 Å². The molecule has 0 atom stereocenters. The molecule has 10 heavy (non-hydrogen) atoms. The first-order valence-electron chi connectivity index (χ1n) is 3.17. The number of likely N-dealkylation sites (N-methyl/N-ethyl adjacent to an activating group) is 1. The van der Waals surface area contributed by atoms with E-state index in [-0.39, 0.29) is 0 Å². The van der Waals surface area contributed by atoms with Crippen LogP contribution in [0, 0.1) is 11.2 Å². The summed E-state index contributed by atoms with van der Waals surface area (Å²) in [6.07, 6.45) is 0. The number of nitriles is 1. The maximum Gasteiger partial charge on any atom is 0.229 e. The van der Waals surface area contributed by atoms with E-state index in [9.17, 15) is 0 Å². The summed E-state index contributed by atoms with van der Waals surface area (Å²) >= 11 is 0.